The van der Waals surface area contributed by atoms with E-state index in [2.05, 4.69) is 22.0 Å². The third kappa shape index (κ3) is 3.11. The molecule has 106 valence electrons. The molecule has 0 amide bonds. The molecule has 2 nitrogen and oxygen atoms in total. The number of halogens is 1. The van der Waals surface area contributed by atoms with E-state index in [9.17, 15) is 5.11 Å². The van der Waals surface area contributed by atoms with Crippen LogP contribution in [0.2, 0.25) is 0 Å². The molecule has 0 aliphatic rings. The van der Waals surface area contributed by atoms with Gasteiger partial charge in [0, 0.05) is 16.9 Å². The van der Waals surface area contributed by atoms with Crippen LogP contribution in [0, 0.1) is 13.8 Å². The van der Waals surface area contributed by atoms with Gasteiger partial charge in [0.25, 0.3) is 0 Å². The molecule has 2 aromatic rings. The first-order valence-electron chi connectivity index (χ1n) is 6.74. The average Bonchev–Trinajstić information content (AvgIpc) is 2.44. The van der Waals surface area contributed by atoms with Gasteiger partial charge < -0.3 is 10.8 Å². The molecule has 20 heavy (non-hydrogen) atoms. The summed E-state index contributed by atoms with van der Waals surface area (Å²) < 4.78 is 0.986. The van der Waals surface area contributed by atoms with Crippen LogP contribution in [0.5, 0.6) is 0 Å². The first-order chi connectivity index (χ1) is 9.54. The van der Waals surface area contributed by atoms with Crippen molar-refractivity contribution < 1.29 is 5.11 Å². The van der Waals surface area contributed by atoms with Gasteiger partial charge in [0.2, 0.25) is 0 Å². The Kier molecular flexibility index (Phi) is 4.97. The van der Waals surface area contributed by atoms with Gasteiger partial charge in [-0.15, -0.1) is 0 Å². The minimum absolute atomic E-state index is 0.119. The van der Waals surface area contributed by atoms with Crippen molar-refractivity contribution in [1.29, 1.82) is 0 Å². The summed E-state index contributed by atoms with van der Waals surface area (Å²) in [6, 6.07) is 14.1. The van der Waals surface area contributed by atoms with E-state index >= 15 is 0 Å². The molecule has 0 aliphatic carbocycles. The fourth-order valence-corrected chi connectivity index (χ4v) is 3.08. The van der Waals surface area contributed by atoms with Crippen molar-refractivity contribution in [3.05, 3.63) is 69.2 Å². The zero-order chi connectivity index (χ0) is 14.7. The number of aliphatic hydroxyl groups excluding tert-OH is 1. The first kappa shape index (κ1) is 15.2. The van der Waals surface area contributed by atoms with Gasteiger partial charge in [-0.2, -0.15) is 0 Å². The summed E-state index contributed by atoms with van der Waals surface area (Å²) in [4.78, 5) is 0. The molecule has 2 rings (SSSR count). The third-order valence-electron chi connectivity index (χ3n) is 3.69. The van der Waals surface area contributed by atoms with Gasteiger partial charge in [-0.1, -0.05) is 57.9 Å². The van der Waals surface area contributed by atoms with E-state index in [-0.39, 0.29) is 5.92 Å². The number of aliphatic hydroxyl groups is 1. The van der Waals surface area contributed by atoms with Gasteiger partial charge in [-0.3, -0.25) is 0 Å². The van der Waals surface area contributed by atoms with Crippen LogP contribution in [-0.4, -0.2) is 11.7 Å². The summed E-state index contributed by atoms with van der Waals surface area (Å²) >= 11 is 3.54. The molecule has 2 unspecified atom stereocenters. The smallest absolute Gasteiger partial charge is 0.0873 e. The molecular formula is C17H20BrNO. The van der Waals surface area contributed by atoms with Gasteiger partial charge >= 0.3 is 0 Å². The Morgan fingerprint density at radius 3 is 2.45 bits per heavy atom. The van der Waals surface area contributed by atoms with Crippen LogP contribution < -0.4 is 5.73 Å². The van der Waals surface area contributed by atoms with Crippen LogP contribution in [0.4, 0.5) is 0 Å². The van der Waals surface area contributed by atoms with Crippen molar-refractivity contribution in [2.45, 2.75) is 25.9 Å². The minimum atomic E-state index is -0.599. The summed E-state index contributed by atoms with van der Waals surface area (Å²) in [6.07, 6.45) is -0.599. The van der Waals surface area contributed by atoms with Gasteiger partial charge in [-0.25, -0.2) is 0 Å². The Morgan fingerprint density at radius 2 is 1.80 bits per heavy atom. The highest BCUT2D eigenvalue weighted by atomic mass is 79.9. The lowest BCUT2D eigenvalue weighted by molar-refractivity contribution is 0.146. The Balaban J connectivity index is 2.41. The van der Waals surface area contributed by atoms with E-state index in [1.54, 1.807) is 0 Å². The second-order valence-electron chi connectivity index (χ2n) is 5.17. The average molecular weight is 334 g/mol. The molecule has 0 radical (unpaired) electrons. The molecule has 2 aromatic carbocycles. The topological polar surface area (TPSA) is 46.2 Å². The van der Waals surface area contributed by atoms with Crippen LogP contribution in [0.3, 0.4) is 0 Å². The number of aryl methyl sites for hydroxylation is 2. The zero-order valence-corrected chi connectivity index (χ0v) is 13.4. The predicted molar refractivity (Wildman–Crippen MR) is 86.8 cm³/mol. The Morgan fingerprint density at radius 1 is 1.10 bits per heavy atom. The maximum atomic E-state index is 10.8. The summed E-state index contributed by atoms with van der Waals surface area (Å²) in [7, 11) is 0. The summed E-state index contributed by atoms with van der Waals surface area (Å²) in [6.45, 7) is 4.45. The lowest BCUT2D eigenvalue weighted by Crippen LogP contribution is -2.21. The lowest BCUT2D eigenvalue weighted by Gasteiger charge is -2.25. The van der Waals surface area contributed by atoms with Gasteiger partial charge in [0.05, 0.1) is 6.10 Å². The molecule has 3 heteroatoms. The van der Waals surface area contributed by atoms with Gasteiger partial charge in [-0.05, 0) is 36.6 Å². The van der Waals surface area contributed by atoms with Crippen molar-refractivity contribution in [3.8, 4) is 0 Å². The highest BCUT2D eigenvalue weighted by Gasteiger charge is 2.24. The van der Waals surface area contributed by atoms with E-state index in [4.69, 9.17) is 5.73 Å². The number of rotatable bonds is 4. The van der Waals surface area contributed by atoms with Crippen molar-refractivity contribution >= 4 is 15.9 Å². The van der Waals surface area contributed by atoms with Crippen LogP contribution in [0.15, 0.2) is 46.9 Å². The van der Waals surface area contributed by atoms with Crippen molar-refractivity contribution in [1.82, 2.24) is 0 Å². The fourth-order valence-electron chi connectivity index (χ4n) is 2.50. The number of nitrogens with two attached hydrogens (primary N) is 1. The fraction of sp³-hybridized carbons (Fsp3) is 0.294. The molecule has 0 bridgehead atoms. The number of hydrogen-bond acceptors (Lipinski definition) is 2. The molecular weight excluding hydrogens is 314 g/mol. The Labute approximate surface area is 128 Å². The van der Waals surface area contributed by atoms with Gasteiger partial charge in [0.1, 0.15) is 0 Å². The van der Waals surface area contributed by atoms with Crippen LogP contribution >= 0.6 is 15.9 Å². The SMILES string of the molecule is Cc1ccc(C)c(C(O)C(CN)c2ccccc2Br)c1. The molecule has 0 fully saturated rings. The van der Waals surface area contributed by atoms with E-state index < -0.39 is 6.10 Å². The molecule has 3 N–H and O–H groups in total. The summed E-state index contributed by atoms with van der Waals surface area (Å²) in [5.74, 6) is -0.119. The van der Waals surface area contributed by atoms with E-state index in [1.165, 1.54) is 0 Å². The standard InChI is InChI=1S/C17H20BrNO/c1-11-7-8-12(2)14(9-11)17(20)15(10-19)13-5-3-4-6-16(13)18/h3-9,15,17,20H,10,19H2,1-2H3. The Hall–Kier alpha value is -1.16. The first-order valence-corrected chi connectivity index (χ1v) is 7.53. The maximum Gasteiger partial charge on any atom is 0.0873 e. The third-order valence-corrected chi connectivity index (χ3v) is 4.42. The molecule has 0 aliphatic heterocycles. The van der Waals surface area contributed by atoms with E-state index in [0.29, 0.717) is 6.54 Å². The monoisotopic (exact) mass is 333 g/mol. The van der Waals surface area contributed by atoms with Crippen LogP contribution in [0.25, 0.3) is 0 Å². The largest absolute Gasteiger partial charge is 0.388 e. The minimum Gasteiger partial charge on any atom is -0.388 e. The zero-order valence-electron chi connectivity index (χ0n) is 11.8. The van der Waals surface area contributed by atoms with Crippen LogP contribution in [-0.2, 0) is 0 Å². The predicted octanol–water partition coefficient (Wildman–Crippen LogP) is 3.84. The molecule has 0 spiro atoms. The summed E-state index contributed by atoms with van der Waals surface area (Å²) in [5, 5.41) is 10.8. The quantitative estimate of drug-likeness (QED) is 0.892. The number of benzene rings is 2. The van der Waals surface area contributed by atoms with Crippen molar-refractivity contribution in [3.63, 3.8) is 0 Å². The Bertz CT molecular complexity index is 597. The highest BCUT2D eigenvalue weighted by Crippen LogP contribution is 2.35. The molecule has 0 aromatic heterocycles. The molecule has 2 atom stereocenters. The summed E-state index contributed by atoms with van der Waals surface area (Å²) in [5.41, 5.74) is 10.2. The lowest BCUT2D eigenvalue weighted by atomic mass is 9.87. The van der Waals surface area contributed by atoms with E-state index in [1.807, 2.05) is 50.2 Å². The molecule has 0 saturated heterocycles. The van der Waals surface area contributed by atoms with Gasteiger partial charge in [0.15, 0.2) is 0 Å². The molecule has 0 saturated carbocycles. The molecule has 0 heterocycles. The normalized spacial score (nSPS) is 14.1. The second-order valence-corrected chi connectivity index (χ2v) is 6.02. The number of hydrogen-bond donors (Lipinski definition) is 2. The van der Waals surface area contributed by atoms with Crippen molar-refractivity contribution in [2.24, 2.45) is 5.73 Å². The van der Waals surface area contributed by atoms with E-state index in [0.717, 1.165) is 26.7 Å². The highest BCUT2D eigenvalue weighted by molar-refractivity contribution is 9.10. The van der Waals surface area contributed by atoms with Crippen molar-refractivity contribution in [2.75, 3.05) is 6.54 Å². The maximum absolute atomic E-state index is 10.8. The van der Waals surface area contributed by atoms with Crippen LogP contribution in [0.1, 0.15) is 34.3 Å². The second kappa shape index (κ2) is 6.53.